The normalized spacial score (nSPS) is 19.2. The van der Waals surface area contributed by atoms with Crippen molar-refractivity contribution in [2.45, 2.75) is 51.2 Å². The molecular formula is C25H26F3N3O5. The molecule has 2 aromatic rings. The summed E-state index contributed by atoms with van der Waals surface area (Å²) in [7, 11) is 0. The maximum Gasteiger partial charge on any atom is 0.410 e. The van der Waals surface area contributed by atoms with Crippen molar-refractivity contribution in [2.24, 2.45) is 5.92 Å². The van der Waals surface area contributed by atoms with Crippen LogP contribution in [0.1, 0.15) is 43.2 Å². The van der Waals surface area contributed by atoms with Gasteiger partial charge in [0, 0.05) is 37.3 Å². The molecule has 1 fully saturated rings. The Kier molecular flexibility index (Phi) is 7.66. The summed E-state index contributed by atoms with van der Waals surface area (Å²) in [6, 6.07) is 5.22. The minimum atomic E-state index is -1.35. The molecule has 192 valence electrons. The third-order valence-electron chi connectivity index (χ3n) is 6.52. The van der Waals surface area contributed by atoms with Gasteiger partial charge in [0.1, 0.15) is 11.9 Å². The lowest BCUT2D eigenvalue weighted by molar-refractivity contribution is -0.138. The molecule has 0 bridgehead atoms. The summed E-state index contributed by atoms with van der Waals surface area (Å²) in [5, 5.41) is 13.6. The largest absolute Gasteiger partial charge is 0.481 e. The van der Waals surface area contributed by atoms with Crippen LogP contribution in [0.2, 0.25) is 0 Å². The van der Waals surface area contributed by atoms with Crippen molar-refractivity contribution in [1.29, 1.82) is 0 Å². The molecule has 0 radical (unpaired) electrons. The number of anilines is 2. The molecule has 3 N–H and O–H groups in total. The van der Waals surface area contributed by atoms with Gasteiger partial charge in [0.25, 0.3) is 0 Å². The Bertz CT molecular complexity index is 1170. The second-order valence-corrected chi connectivity index (χ2v) is 9.10. The Labute approximate surface area is 205 Å². The van der Waals surface area contributed by atoms with Gasteiger partial charge in [0.05, 0.1) is 5.69 Å². The van der Waals surface area contributed by atoms with Crippen molar-refractivity contribution in [3.63, 3.8) is 0 Å². The van der Waals surface area contributed by atoms with Crippen LogP contribution < -0.4 is 10.6 Å². The van der Waals surface area contributed by atoms with Crippen LogP contribution in [-0.4, -0.2) is 40.7 Å². The lowest BCUT2D eigenvalue weighted by Gasteiger charge is -2.32. The van der Waals surface area contributed by atoms with Gasteiger partial charge in [-0.3, -0.25) is 4.79 Å². The zero-order valence-corrected chi connectivity index (χ0v) is 19.4. The van der Waals surface area contributed by atoms with E-state index >= 15 is 0 Å². The number of carboxylic acids is 1. The molecule has 1 aliphatic carbocycles. The van der Waals surface area contributed by atoms with E-state index in [0.717, 1.165) is 24.0 Å². The number of carboxylic acid groups (broad SMARTS) is 1. The number of rotatable bonds is 5. The molecule has 0 spiro atoms. The number of carbonyl (C=O) groups is 3. The standard InChI is InChI=1S/C25H26F3N3O5/c26-19-11-21(28)22(12-20(19)27)30-24(34)29-17-4-3-16-13-31(8-7-15(16)10-17)25(35)36-18-5-1-14(2-6-18)9-23(32)33/h3-4,10-12,14,18H,1-2,5-9,13H2,(H,32,33)(H2,29,30,34). The lowest BCUT2D eigenvalue weighted by atomic mass is 9.85. The Morgan fingerprint density at radius 1 is 0.944 bits per heavy atom. The van der Waals surface area contributed by atoms with Gasteiger partial charge < -0.3 is 25.4 Å². The number of benzene rings is 2. The number of nitrogens with zero attached hydrogens (tertiary/aromatic N) is 1. The number of hydrogen-bond acceptors (Lipinski definition) is 4. The molecule has 4 rings (SSSR count). The Morgan fingerprint density at radius 2 is 1.67 bits per heavy atom. The van der Waals surface area contributed by atoms with E-state index < -0.39 is 41.2 Å². The summed E-state index contributed by atoms with van der Waals surface area (Å²) in [6.45, 7) is 0.769. The number of ether oxygens (including phenoxy) is 1. The van der Waals surface area contributed by atoms with E-state index in [9.17, 15) is 27.6 Å². The highest BCUT2D eigenvalue weighted by molar-refractivity contribution is 5.99. The molecule has 36 heavy (non-hydrogen) atoms. The number of amides is 3. The van der Waals surface area contributed by atoms with Crippen LogP contribution in [0.15, 0.2) is 30.3 Å². The highest BCUT2D eigenvalue weighted by Crippen LogP contribution is 2.30. The van der Waals surface area contributed by atoms with Crippen LogP contribution in [0.3, 0.4) is 0 Å². The van der Waals surface area contributed by atoms with Crippen molar-refractivity contribution < 1.29 is 37.4 Å². The fourth-order valence-corrected chi connectivity index (χ4v) is 4.61. The number of hydrogen-bond donors (Lipinski definition) is 3. The molecule has 1 heterocycles. The smallest absolute Gasteiger partial charge is 0.410 e. The summed E-state index contributed by atoms with van der Waals surface area (Å²) in [5.41, 5.74) is 1.74. The first kappa shape index (κ1) is 25.3. The highest BCUT2D eigenvalue weighted by atomic mass is 19.2. The van der Waals surface area contributed by atoms with Gasteiger partial charge in [-0.1, -0.05) is 6.07 Å². The predicted molar refractivity (Wildman–Crippen MR) is 124 cm³/mol. The SMILES string of the molecule is O=C(O)CC1CCC(OC(=O)N2CCc3cc(NC(=O)Nc4cc(F)c(F)cc4F)ccc3C2)CC1. The van der Waals surface area contributed by atoms with Gasteiger partial charge in [-0.15, -0.1) is 0 Å². The number of fused-ring (bicyclic) bond motifs is 1. The molecule has 2 aromatic carbocycles. The van der Waals surface area contributed by atoms with E-state index in [1.807, 2.05) is 0 Å². The molecule has 3 amide bonds. The minimum absolute atomic E-state index is 0.125. The average molecular weight is 505 g/mol. The number of halogens is 3. The fraction of sp³-hybridized carbons (Fsp3) is 0.400. The van der Waals surface area contributed by atoms with Crippen LogP contribution >= 0.6 is 0 Å². The second-order valence-electron chi connectivity index (χ2n) is 9.10. The van der Waals surface area contributed by atoms with Crippen molar-refractivity contribution >= 4 is 29.5 Å². The van der Waals surface area contributed by atoms with Crippen LogP contribution in [0.25, 0.3) is 0 Å². The van der Waals surface area contributed by atoms with E-state index in [-0.39, 0.29) is 18.4 Å². The van der Waals surface area contributed by atoms with Crippen LogP contribution in [0, 0.1) is 23.4 Å². The van der Waals surface area contributed by atoms with E-state index in [1.165, 1.54) is 0 Å². The van der Waals surface area contributed by atoms with Crippen molar-refractivity contribution in [3.8, 4) is 0 Å². The van der Waals surface area contributed by atoms with Crippen molar-refractivity contribution in [1.82, 2.24) is 4.90 Å². The summed E-state index contributed by atoms with van der Waals surface area (Å²) in [6.07, 6.45) is 2.80. The molecule has 8 nitrogen and oxygen atoms in total. The monoisotopic (exact) mass is 505 g/mol. The van der Waals surface area contributed by atoms with Crippen LogP contribution in [0.5, 0.6) is 0 Å². The molecular weight excluding hydrogens is 479 g/mol. The summed E-state index contributed by atoms with van der Waals surface area (Å²) in [4.78, 5) is 37.3. The minimum Gasteiger partial charge on any atom is -0.481 e. The van der Waals surface area contributed by atoms with Crippen LogP contribution in [-0.2, 0) is 22.5 Å². The summed E-state index contributed by atoms with van der Waals surface area (Å²) >= 11 is 0. The Morgan fingerprint density at radius 3 is 2.39 bits per heavy atom. The van der Waals surface area contributed by atoms with Crippen molar-refractivity contribution in [3.05, 3.63) is 58.9 Å². The average Bonchev–Trinajstić information content (AvgIpc) is 2.83. The van der Waals surface area contributed by atoms with Crippen molar-refractivity contribution in [2.75, 3.05) is 17.2 Å². The zero-order chi connectivity index (χ0) is 25.8. The molecule has 0 atom stereocenters. The first-order valence-corrected chi connectivity index (χ1v) is 11.7. The molecule has 1 saturated carbocycles. The molecule has 2 aliphatic rings. The molecule has 0 saturated heterocycles. The third-order valence-corrected chi connectivity index (χ3v) is 6.52. The topological polar surface area (TPSA) is 108 Å². The summed E-state index contributed by atoms with van der Waals surface area (Å²) < 4.78 is 45.8. The predicted octanol–water partition coefficient (Wildman–Crippen LogP) is 5.28. The first-order chi connectivity index (χ1) is 17.2. The van der Waals surface area contributed by atoms with Gasteiger partial charge in [-0.25, -0.2) is 22.8 Å². The maximum absolute atomic E-state index is 13.8. The van der Waals surface area contributed by atoms with Gasteiger partial charge in [-0.05, 0) is 61.3 Å². The second kappa shape index (κ2) is 10.9. The highest BCUT2D eigenvalue weighted by Gasteiger charge is 2.28. The van der Waals surface area contributed by atoms with Gasteiger partial charge >= 0.3 is 18.1 Å². The molecule has 11 heteroatoms. The fourth-order valence-electron chi connectivity index (χ4n) is 4.61. The van der Waals surface area contributed by atoms with Gasteiger partial charge in [-0.2, -0.15) is 0 Å². The van der Waals surface area contributed by atoms with Crippen LogP contribution in [0.4, 0.5) is 34.1 Å². The number of carbonyl (C=O) groups excluding carboxylic acids is 2. The number of aliphatic carboxylic acids is 1. The van der Waals surface area contributed by atoms with E-state index in [0.29, 0.717) is 50.2 Å². The van der Waals surface area contributed by atoms with Gasteiger partial charge in [0.2, 0.25) is 0 Å². The van der Waals surface area contributed by atoms with E-state index in [1.54, 1.807) is 23.1 Å². The van der Waals surface area contributed by atoms with E-state index in [4.69, 9.17) is 9.84 Å². The van der Waals surface area contributed by atoms with E-state index in [2.05, 4.69) is 10.6 Å². The zero-order valence-electron chi connectivity index (χ0n) is 19.4. The van der Waals surface area contributed by atoms with Gasteiger partial charge in [0.15, 0.2) is 11.6 Å². The Hall–Kier alpha value is -3.76. The lowest BCUT2D eigenvalue weighted by Crippen LogP contribution is -2.39. The summed E-state index contributed by atoms with van der Waals surface area (Å²) in [5.74, 6) is -4.42. The Balaban J connectivity index is 1.29. The molecule has 1 aliphatic heterocycles. The first-order valence-electron chi connectivity index (χ1n) is 11.7. The molecule has 0 unspecified atom stereocenters. The number of nitrogens with one attached hydrogen (secondary N) is 2. The third kappa shape index (κ3) is 6.27. The maximum atomic E-state index is 13.8. The quantitative estimate of drug-likeness (QED) is 0.480. The number of urea groups is 1. The molecule has 0 aromatic heterocycles.